The second-order valence-corrected chi connectivity index (χ2v) is 18.9. The number of likely N-dealkylation sites (N-methyl/N-ethyl adjacent to an activating group) is 1. The number of hydrogen-bond donors (Lipinski definition) is 5. The molecule has 4 aromatic carbocycles. The van der Waals surface area contributed by atoms with Crippen molar-refractivity contribution in [2.24, 2.45) is 5.73 Å². The lowest BCUT2D eigenvalue weighted by atomic mass is 10.1. The van der Waals surface area contributed by atoms with Gasteiger partial charge in [-0.1, -0.05) is 133 Å². The van der Waals surface area contributed by atoms with E-state index in [-0.39, 0.29) is 24.4 Å². The largest absolute Gasteiger partial charge is 0.480 e. The quantitative estimate of drug-likeness (QED) is 0.0405. The maximum atomic E-state index is 12.3. The normalized spacial score (nSPS) is 12.2. The minimum absolute atomic E-state index is 0.0809. The van der Waals surface area contributed by atoms with E-state index < -0.39 is 53.1 Å². The molecule has 0 heterocycles. The average Bonchev–Trinajstić information content (AvgIpc) is 3.31. The number of carboxylic acid groups (broad SMARTS) is 1. The van der Waals surface area contributed by atoms with Gasteiger partial charge in [0.1, 0.15) is 28.9 Å². The van der Waals surface area contributed by atoms with Crippen LogP contribution in [0.25, 0.3) is 0 Å². The van der Waals surface area contributed by atoms with E-state index in [2.05, 4.69) is 54.4 Å². The molecule has 15 heteroatoms. The summed E-state index contributed by atoms with van der Waals surface area (Å²) in [7, 11) is 2.89. The van der Waals surface area contributed by atoms with Crippen LogP contribution < -0.4 is 21.7 Å². The molecule has 4 aromatic rings. The number of aliphatic carboxylic acids is 1. The molecule has 0 aromatic heterocycles. The topological polar surface area (TPSA) is 208 Å². The Kier molecular flexibility index (Phi) is 30.7. The number of benzene rings is 4. The molecular weight excluding hydrogens is 915 g/mol. The molecule has 4 rings (SSSR count). The van der Waals surface area contributed by atoms with E-state index in [9.17, 15) is 24.0 Å². The first-order valence-corrected chi connectivity index (χ1v) is 23.4. The first kappa shape index (κ1) is 64.8. The van der Waals surface area contributed by atoms with E-state index in [0.29, 0.717) is 12.8 Å². The average molecular weight is 996 g/mol. The predicted octanol–water partition coefficient (Wildman–Crippen LogP) is 10.2. The van der Waals surface area contributed by atoms with Gasteiger partial charge in [0, 0.05) is 25.9 Å². The maximum absolute atomic E-state index is 12.3. The minimum atomic E-state index is -1.09. The Morgan fingerprint density at radius 2 is 0.847 bits per heavy atom. The molecule has 4 atom stereocenters. The van der Waals surface area contributed by atoms with Crippen LogP contribution >= 0.6 is 0 Å². The molecule has 0 saturated carbocycles. The van der Waals surface area contributed by atoms with Crippen molar-refractivity contribution in [2.75, 3.05) is 14.2 Å². The van der Waals surface area contributed by atoms with E-state index in [1.54, 1.807) is 53.7 Å². The van der Waals surface area contributed by atoms with Crippen molar-refractivity contribution in [3.8, 4) is 0 Å². The number of nitrogens with two attached hydrogens (primary N) is 1. The van der Waals surface area contributed by atoms with Gasteiger partial charge >= 0.3 is 24.2 Å². The van der Waals surface area contributed by atoms with Gasteiger partial charge in [-0.15, -0.1) is 26.3 Å². The van der Waals surface area contributed by atoms with Gasteiger partial charge in [0.25, 0.3) is 5.91 Å². The Morgan fingerprint density at radius 1 is 0.542 bits per heavy atom. The van der Waals surface area contributed by atoms with E-state index in [1.165, 1.54) is 19.7 Å². The minimum Gasteiger partial charge on any atom is -0.480 e. The van der Waals surface area contributed by atoms with Gasteiger partial charge in [0.15, 0.2) is 0 Å². The van der Waals surface area contributed by atoms with Crippen molar-refractivity contribution in [2.45, 2.75) is 129 Å². The number of carbonyl (C=O) groups excluding carboxylic acids is 4. The van der Waals surface area contributed by atoms with Crippen molar-refractivity contribution < 1.29 is 48.1 Å². The molecule has 0 fully saturated rings. The summed E-state index contributed by atoms with van der Waals surface area (Å²) < 4.78 is 15.5. The lowest BCUT2D eigenvalue weighted by molar-refractivity contribution is -0.171. The number of rotatable bonds is 16. The van der Waals surface area contributed by atoms with Crippen LogP contribution in [0, 0.1) is 0 Å². The number of alkyl carbamates (subject to hydrolysis) is 3. The summed E-state index contributed by atoms with van der Waals surface area (Å²) in [5.41, 5.74) is 8.11. The van der Waals surface area contributed by atoms with Crippen LogP contribution in [0.3, 0.4) is 0 Å². The molecule has 394 valence electrons. The number of hydrogen-bond acceptors (Lipinski definition) is 10. The molecule has 0 aliphatic carbocycles. The zero-order chi connectivity index (χ0) is 54.9. The smallest absolute Gasteiger partial charge is 0.408 e. The van der Waals surface area contributed by atoms with Crippen LogP contribution in [-0.2, 0) is 54.3 Å². The number of ether oxygens (including phenoxy) is 3. The summed E-state index contributed by atoms with van der Waals surface area (Å²) in [6.45, 7) is 29.4. The summed E-state index contributed by atoms with van der Waals surface area (Å²) in [4.78, 5) is 63.5. The van der Waals surface area contributed by atoms with E-state index >= 15 is 0 Å². The highest BCUT2D eigenvalue weighted by Crippen LogP contribution is 2.12. The standard InChI is InChI=1S/C16H24N2O4.C15H21NO2.C14H19NO4.C10H13N.C2H4/c1-16(2,3)22-15(20)17-13(14(19)18(4)21-5)11-12-9-7-6-8-10-12;1-5-13(11-12-9-7-6-8-10-12)16-14(17)18-15(2,3)4;1-14(2,3)19-13(18)15-11(12(16)17)9-10-7-5-4-6-8-10;1-2-10(11)8-9-6-4-3-5-7-9;1-2/h6-10,13H,11H2,1-5H3,(H,17,20);5-10,13H,1,11H2,2-4H3,(H,16,17);4-8,11H,9H2,1-3H3,(H,15,18)(H,16,17);2-7,10H,1,8,11H2;1-2H2/t2*13-;11-;10-;/m0101./s1. The number of nitrogens with zero attached hydrogens (tertiary/aromatic N) is 1. The molecule has 6 N–H and O–H groups in total. The lowest BCUT2D eigenvalue weighted by Gasteiger charge is -2.25. The van der Waals surface area contributed by atoms with Crippen molar-refractivity contribution in [3.05, 3.63) is 182 Å². The third-order valence-electron chi connectivity index (χ3n) is 9.03. The SMILES string of the molecule is C=C.C=C[C@@H](N)Cc1ccccc1.C=C[C@H](Cc1ccccc1)NC(=O)OC(C)(C)C.CC(C)(C)OC(=O)N[C@@H](Cc1ccccc1)C(=O)O.CON(C)C(=O)[C@H](Cc1ccccc1)NC(=O)OC(C)(C)C. The summed E-state index contributed by atoms with van der Waals surface area (Å²) in [6, 6.07) is 36.9. The highest BCUT2D eigenvalue weighted by Gasteiger charge is 2.28. The third kappa shape index (κ3) is 32.6. The van der Waals surface area contributed by atoms with Crippen LogP contribution in [0.1, 0.15) is 84.6 Å². The second-order valence-electron chi connectivity index (χ2n) is 18.9. The van der Waals surface area contributed by atoms with Crippen LogP contribution in [0.4, 0.5) is 14.4 Å². The van der Waals surface area contributed by atoms with Gasteiger partial charge < -0.3 is 41.0 Å². The van der Waals surface area contributed by atoms with Gasteiger partial charge in [0.2, 0.25) is 0 Å². The number of carbonyl (C=O) groups is 5. The van der Waals surface area contributed by atoms with Crippen molar-refractivity contribution in [1.82, 2.24) is 21.0 Å². The Morgan fingerprint density at radius 3 is 1.15 bits per heavy atom. The lowest BCUT2D eigenvalue weighted by Crippen LogP contribution is -2.49. The number of amides is 4. The number of carboxylic acids is 1. The zero-order valence-electron chi connectivity index (χ0n) is 44.3. The molecule has 0 unspecified atom stereocenters. The van der Waals surface area contributed by atoms with Crippen molar-refractivity contribution >= 4 is 30.2 Å². The summed E-state index contributed by atoms with van der Waals surface area (Å²) >= 11 is 0. The molecule has 0 radical (unpaired) electrons. The summed E-state index contributed by atoms with van der Waals surface area (Å²) in [6.07, 6.45) is 3.88. The Labute approximate surface area is 428 Å². The fraction of sp³-hybridized carbons (Fsp3) is 0.386. The summed E-state index contributed by atoms with van der Waals surface area (Å²) in [5, 5.41) is 18.0. The van der Waals surface area contributed by atoms with Gasteiger partial charge in [-0.3, -0.25) is 9.63 Å². The maximum Gasteiger partial charge on any atom is 0.408 e. The molecule has 0 aliphatic heterocycles. The predicted molar refractivity (Wildman–Crippen MR) is 287 cm³/mol. The first-order valence-electron chi connectivity index (χ1n) is 23.4. The second kappa shape index (κ2) is 34.2. The Balaban J connectivity index is 0.000000942. The summed E-state index contributed by atoms with van der Waals surface area (Å²) in [5.74, 6) is -1.44. The molecule has 0 spiro atoms. The first-order chi connectivity index (χ1) is 33.7. The van der Waals surface area contributed by atoms with E-state index in [0.717, 1.165) is 28.2 Å². The molecule has 0 bridgehead atoms. The Bertz CT molecular complexity index is 2170. The van der Waals surface area contributed by atoms with E-state index in [4.69, 9.17) is 29.9 Å². The molecule has 72 heavy (non-hydrogen) atoms. The Hall–Kier alpha value is -7.23. The van der Waals surface area contributed by atoms with Crippen LogP contribution in [-0.4, -0.2) is 95.5 Å². The third-order valence-corrected chi connectivity index (χ3v) is 9.03. The molecule has 4 amide bonds. The monoisotopic (exact) mass is 996 g/mol. The van der Waals surface area contributed by atoms with Crippen molar-refractivity contribution in [3.63, 3.8) is 0 Å². The highest BCUT2D eigenvalue weighted by molar-refractivity contribution is 5.85. The number of hydroxylamine groups is 2. The van der Waals surface area contributed by atoms with Crippen LogP contribution in [0.15, 0.2) is 160 Å². The van der Waals surface area contributed by atoms with Crippen molar-refractivity contribution in [1.29, 1.82) is 0 Å². The fourth-order valence-electron chi connectivity index (χ4n) is 5.80. The van der Waals surface area contributed by atoms with Gasteiger partial charge in [-0.05, 0) is 97.4 Å². The molecular formula is C57H81N5O10. The van der Waals surface area contributed by atoms with Crippen LogP contribution in [0.2, 0.25) is 0 Å². The van der Waals surface area contributed by atoms with Gasteiger partial charge in [0.05, 0.1) is 13.2 Å². The fourth-order valence-corrected chi connectivity index (χ4v) is 5.80. The molecule has 0 saturated heterocycles. The van der Waals surface area contributed by atoms with Gasteiger partial charge in [-0.2, -0.15) is 0 Å². The molecule has 15 nitrogen and oxygen atoms in total. The zero-order valence-corrected chi connectivity index (χ0v) is 44.3. The number of nitrogens with one attached hydrogen (secondary N) is 3. The highest BCUT2D eigenvalue weighted by atomic mass is 16.7. The van der Waals surface area contributed by atoms with E-state index in [1.807, 2.05) is 130 Å². The molecule has 0 aliphatic rings. The van der Waals surface area contributed by atoms with Gasteiger partial charge in [-0.25, -0.2) is 24.2 Å². The van der Waals surface area contributed by atoms with Crippen LogP contribution in [0.5, 0.6) is 0 Å².